The Morgan fingerprint density at radius 3 is 2.88 bits per heavy atom. The SMILES string of the molecule is C=C[C@@H](c1cccnc1N)N1CCNCC1. The summed E-state index contributed by atoms with van der Waals surface area (Å²) in [5.41, 5.74) is 6.96. The average Bonchev–Trinajstić information content (AvgIpc) is 2.34. The Bertz CT molecular complexity index is 358. The maximum atomic E-state index is 5.90. The molecule has 0 unspecified atom stereocenters. The molecule has 86 valence electrons. The van der Waals surface area contributed by atoms with Crippen molar-refractivity contribution < 1.29 is 0 Å². The van der Waals surface area contributed by atoms with Gasteiger partial charge in [0, 0.05) is 37.9 Å². The highest BCUT2D eigenvalue weighted by Crippen LogP contribution is 2.25. The maximum Gasteiger partial charge on any atom is 0.128 e. The molecule has 16 heavy (non-hydrogen) atoms. The number of nitrogen functional groups attached to an aromatic ring is 1. The van der Waals surface area contributed by atoms with Crippen molar-refractivity contribution in [2.24, 2.45) is 0 Å². The molecule has 3 N–H and O–H groups in total. The number of nitrogens with two attached hydrogens (primary N) is 1. The first kappa shape index (κ1) is 11.1. The number of nitrogens with zero attached hydrogens (tertiary/aromatic N) is 2. The van der Waals surface area contributed by atoms with Crippen LogP contribution in [0.3, 0.4) is 0 Å². The molecular weight excluding hydrogens is 200 g/mol. The van der Waals surface area contributed by atoms with Crippen molar-refractivity contribution >= 4 is 5.82 Å². The van der Waals surface area contributed by atoms with Crippen LogP contribution < -0.4 is 11.1 Å². The van der Waals surface area contributed by atoms with E-state index in [0.717, 1.165) is 31.7 Å². The van der Waals surface area contributed by atoms with Crippen LogP contribution in [-0.2, 0) is 0 Å². The van der Waals surface area contributed by atoms with Gasteiger partial charge < -0.3 is 11.1 Å². The molecule has 1 aliphatic rings. The number of hydrogen-bond donors (Lipinski definition) is 2. The van der Waals surface area contributed by atoms with Crippen LogP contribution in [0, 0.1) is 0 Å². The van der Waals surface area contributed by atoms with E-state index in [-0.39, 0.29) is 6.04 Å². The molecule has 0 saturated carbocycles. The van der Waals surface area contributed by atoms with Crippen molar-refractivity contribution in [1.29, 1.82) is 0 Å². The van der Waals surface area contributed by atoms with Gasteiger partial charge in [-0.05, 0) is 6.07 Å². The van der Waals surface area contributed by atoms with Gasteiger partial charge in [-0.1, -0.05) is 12.1 Å². The lowest BCUT2D eigenvalue weighted by molar-refractivity contribution is 0.204. The number of piperazine rings is 1. The van der Waals surface area contributed by atoms with Crippen LogP contribution in [0.1, 0.15) is 11.6 Å². The molecule has 1 fully saturated rings. The summed E-state index contributed by atoms with van der Waals surface area (Å²) in [6.45, 7) is 7.98. The average molecular weight is 218 g/mol. The van der Waals surface area contributed by atoms with Gasteiger partial charge in [-0.3, -0.25) is 4.90 Å². The van der Waals surface area contributed by atoms with Gasteiger partial charge in [-0.25, -0.2) is 4.98 Å². The Labute approximate surface area is 96.2 Å². The summed E-state index contributed by atoms with van der Waals surface area (Å²) in [7, 11) is 0. The minimum atomic E-state index is 0.177. The summed E-state index contributed by atoms with van der Waals surface area (Å²) in [6.07, 6.45) is 3.66. The van der Waals surface area contributed by atoms with E-state index < -0.39 is 0 Å². The third-order valence-electron chi connectivity index (χ3n) is 2.96. The van der Waals surface area contributed by atoms with Crippen LogP contribution in [-0.4, -0.2) is 36.1 Å². The minimum absolute atomic E-state index is 0.177. The van der Waals surface area contributed by atoms with E-state index >= 15 is 0 Å². The van der Waals surface area contributed by atoms with E-state index in [1.54, 1.807) is 6.20 Å². The summed E-state index contributed by atoms with van der Waals surface area (Å²) in [5.74, 6) is 0.603. The molecule has 4 heteroatoms. The second-order valence-electron chi connectivity index (χ2n) is 3.94. The quantitative estimate of drug-likeness (QED) is 0.737. The van der Waals surface area contributed by atoms with E-state index in [0.29, 0.717) is 5.82 Å². The lowest BCUT2D eigenvalue weighted by Gasteiger charge is -2.33. The molecule has 2 heterocycles. The fraction of sp³-hybridized carbons (Fsp3) is 0.417. The predicted octanol–water partition coefficient (Wildman–Crippen LogP) is 0.796. The molecule has 0 radical (unpaired) electrons. The van der Waals surface area contributed by atoms with E-state index in [1.165, 1.54) is 0 Å². The fourth-order valence-electron chi connectivity index (χ4n) is 2.11. The van der Waals surface area contributed by atoms with Crippen molar-refractivity contribution in [2.75, 3.05) is 31.9 Å². The summed E-state index contributed by atoms with van der Waals surface area (Å²) in [5, 5.41) is 3.34. The number of aromatic nitrogens is 1. The largest absolute Gasteiger partial charge is 0.383 e. The van der Waals surface area contributed by atoms with Crippen LogP contribution in [0.15, 0.2) is 31.0 Å². The number of hydrogen-bond acceptors (Lipinski definition) is 4. The number of rotatable bonds is 3. The zero-order chi connectivity index (χ0) is 11.4. The normalized spacial score (nSPS) is 19.2. The Morgan fingerprint density at radius 2 is 2.25 bits per heavy atom. The highest BCUT2D eigenvalue weighted by atomic mass is 15.2. The van der Waals surface area contributed by atoms with Crippen LogP contribution in [0.4, 0.5) is 5.82 Å². The van der Waals surface area contributed by atoms with Gasteiger partial charge >= 0.3 is 0 Å². The van der Waals surface area contributed by atoms with Crippen molar-refractivity contribution in [1.82, 2.24) is 15.2 Å². The standard InChI is InChI=1S/C12H18N4/c1-2-11(16-8-6-14-7-9-16)10-4-3-5-15-12(10)13/h2-5,11,14H,1,6-9H2,(H2,13,15)/t11-/m0/s1. The van der Waals surface area contributed by atoms with E-state index in [1.807, 2.05) is 18.2 Å². The van der Waals surface area contributed by atoms with Crippen LogP contribution >= 0.6 is 0 Å². The topological polar surface area (TPSA) is 54.2 Å². The van der Waals surface area contributed by atoms with E-state index in [9.17, 15) is 0 Å². The summed E-state index contributed by atoms with van der Waals surface area (Å²) < 4.78 is 0. The van der Waals surface area contributed by atoms with Crippen molar-refractivity contribution in [2.45, 2.75) is 6.04 Å². The van der Waals surface area contributed by atoms with Crippen LogP contribution in [0.25, 0.3) is 0 Å². The molecule has 2 rings (SSSR count). The third-order valence-corrected chi connectivity index (χ3v) is 2.96. The smallest absolute Gasteiger partial charge is 0.128 e. The molecule has 4 nitrogen and oxygen atoms in total. The summed E-state index contributed by atoms with van der Waals surface area (Å²) in [6, 6.07) is 4.12. The molecule has 1 aromatic rings. The zero-order valence-corrected chi connectivity index (χ0v) is 9.39. The first-order valence-corrected chi connectivity index (χ1v) is 5.60. The molecule has 1 atom stereocenters. The van der Waals surface area contributed by atoms with Gasteiger partial charge in [0.15, 0.2) is 0 Å². The van der Waals surface area contributed by atoms with Crippen molar-refractivity contribution in [3.8, 4) is 0 Å². The number of anilines is 1. The van der Waals surface area contributed by atoms with Gasteiger partial charge in [-0.2, -0.15) is 0 Å². The first-order chi connectivity index (χ1) is 7.83. The zero-order valence-electron chi connectivity index (χ0n) is 9.39. The van der Waals surface area contributed by atoms with E-state index in [2.05, 4.69) is 21.8 Å². The Kier molecular flexibility index (Phi) is 3.54. The molecule has 0 bridgehead atoms. The Morgan fingerprint density at radius 1 is 1.50 bits per heavy atom. The number of nitrogens with one attached hydrogen (secondary N) is 1. The van der Waals surface area contributed by atoms with Gasteiger partial charge in [-0.15, -0.1) is 6.58 Å². The number of pyridine rings is 1. The monoisotopic (exact) mass is 218 g/mol. The molecular formula is C12H18N4. The van der Waals surface area contributed by atoms with Crippen LogP contribution in [0.5, 0.6) is 0 Å². The summed E-state index contributed by atoms with van der Waals surface area (Å²) >= 11 is 0. The third kappa shape index (κ3) is 2.23. The van der Waals surface area contributed by atoms with Crippen LogP contribution in [0.2, 0.25) is 0 Å². The fourth-order valence-corrected chi connectivity index (χ4v) is 2.11. The van der Waals surface area contributed by atoms with Gasteiger partial charge in [0.1, 0.15) is 5.82 Å². The highest BCUT2D eigenvalue weighted by Gasteiger charge is 2.21. The molecule has 0 aromatic carbocycles. The first-order valence-electron chi connectivity index (χ1n) is 5.60. The second-order valence-corrected chi connectivity index (χ2v) is 3.94. The summed E-state index contributed by atoms with van der Waals surface area (Å²) in [4.78, 5) is 6.50. The highest BCUT2D eigenvalue weighted by molar-refractivity contribution is 5.42. The molecule has 1 aromatic heterocycles. The maximum absolute atomic E-state index is 5.90. The minimum Gasteiger partial charge on any atom is -0.383 e. The molecule has 0 aliphatic carbocycles. The second kappa shape index (κ2) is 5.09. The van der Waals surface area contributed by atoms with Gasteiger partial charge in [0.05, 0.1) is 6.04 Å². The van der Waals surface area contributed by atoms with Gasteiger partial charge in [0.2, 0.25) is 0 Å². The molecule has 1 saturated heterocycles. The molecule has 0 amide bonds. The molecule has 1 aliphatic heterocycles. The van der Waals surface area contributed by atoms with Gasteiger partial charge in [0.25, 0.3) is 0 Å². The lowest BCUT2D eigenvalue weighted by Crippen LogP contribution is -2.44. The van der Waals surface area contributed by atoms with Crippen molar-refractivity contribution in [3.05, 3.63) is 36.5 Å². The predicted molar refractivity (Wildman–Crippen MR) is 66.0 cm³/mol. The Balaban J connectivity index is 2.21. The van der Waals surface area contributed by atoms with E-state index in [4.69, 9.17) is 5.73 Å². The Hall–Kier alpha value is -1.39. The lowest BCUT2D eigenvalue weighted by atomic mass is 10.1. The molecule has 0 spiro atoms. The van der Waals surface area contributed by atoms with Crippen molar-refractivity contribution in [3.63, 3.8) is 0 Å².